The third-order valence-corrected chi connectivity index (χ3v) is 4.11. The van der Waals surface area contributed by atoms with E-state index < -0.39 is 5.97 Å². The maximum Gasteiger partial charge on any atom is 0.347 e. The van der Waals surface area contributed by atoms with E-state index in [2.05, 4.69) is 9.88 Å². The Morgan fingerprint density at radius 3 is 2.89 bits per heavy atom. The fraction of sp³-hybridized carbons (Fsp3) is 0.667. The van der Waals surface area contributed by atoms with Gasteiger partial charge in [0.1, 0.15) is 4.88 Å². The first-order chi connectivity index (χ1) is 9.20. The van der Waals surface area contributed by atoms with Gasteiger partial charge in [-0.2, -0.15) is 0 Å². The van der Waals surface area contributed by atoms with Crippen LogP contribution < -0.4 is 0 Å². The van der Waals surface area contributed by atoms with E-state index in [0.717, 1.165) is 44.3 Å². The fourth-order valence-corrected chi connectivity index (χ4v) is 2.88. The molecule has 1 aliphatic heterocycles. The average molecular weight is 286 g/mol. The molecule has 0 radical (unpaired) electrons. The highest BCUT2D eigenvalue weighted by Crippen LogP contribution is 2.20. The molecule has 19 heavy (non-hydrogen) atoms. The van der Waals surface area contributed by atoms with Gasteiger partial charge < -0.3 is 14.6 Å². The number of thiazole rings is 1. The largest absolute Gasteiger partial charge is 0.477 e. The van der Waals surface area contributed by atoms with Crippen LogP contribution in [0.3, 0.4) is 0 Å². The molecule has 0 atom stereocenters. The number of methoxy groups -OCH3 is 1. The molecule has 7 heteroatoms. The molecule has 0 amide bonds. The Balaban J connectivity index is 1.95. The summed E-state index contributed by atoms with van der Waals surface area (Å²) >= 11 is 1.25. The van der Waals surface area contributed by atoms with Gasteiger partial charge in [-0.15, -0.1) is 11.3 Å². The van der Waals surface area contributed by atoms with Crippen molar-refractivity contribution in [3.8, 4) is 0 Å². The molecule has 1 N–H and O–H groups in total. The highest BCUT2D eigenvalue weighted by Gasteiger charge is 2.18. The van der Waals surface area contributed by atoms with Gasteiger partial charge in [0.15, 0.2) is 0 Å². The molecular formula is C12H18N2O4S. The second-order valence-electron chi connectivity index (χ2n) is 4.33. The molecule has 0 aromatic carbocycles. The summed E-state index contributed by atoms with van der Waals surface area (Å²) in [5, 5.41) is 9.97. The number of carboxylic acid groups (broad SMARTS) is 1. The van der Waals surface area contributed by atoms with Gasteiger partial charge in [-0.1, -0.05) is 0 Å². The van der Waals surface area contributed by atoms with Crippen molar-refractivity contribution in [2.75, 3.05) is 40.0 Å². The number of aromatic carboxylic acids is 1. The molecule has 1 fully saturated rings. The lowest BCUT2D eigenvalue weighted by Crippen LogP contribution is -2.37. The summed E-state index contributed by atoms with van der Waals surface area (Å²) in [5.74, 6) is -0.929. The second-order valence-corrected chi connectivity index (χ2v) is 5.41. The van der Waals surface area contributed by atoms with Crippen molar-refractivity contribution in [2.24, 2.45) is 0 Å². The summed E-state index contributed by atoms with van der Waals surface area (Å²) in [6.07, 6.45) is 0.772. The van der Waals surface area contributed by atoms with Crippen molar-refractivity contribution in [3.63, 3.8) is 0 Å². The van der Waals surface area contributed by atoms with Gasteiger partial charge in [0.25, 0.3) is 0 Å². The fourth-order valence-electron chi connectivity index (χ4n) is 1.99. The third kappa shape index (κ3) is 3.97. The van der Waals surface area contributed by atoms with Gasteiger partial charge in [0.05, 0.1) is 30.5 Å². The molecule has 106 valence electrons. The Morgan fingerprint density at radius 1 is 1.53 bits per heavy atom. The van der Waals surface area contributed by atoms with Gasteiger partial charge in [0, 0.05) is 33.2 Å². The van der Waals surface area contributed by atoms with E-state index >= 15 is 0 Å². The summed E-state index contributed by atoms with van der Waals surface area (Å²) in [5.41, 5.74) is 0.525. The first-order valence-corrected chi connectivity index (χ1v) is 7.03. The number of aromatic nitrogens is 1. The summed E-state index contributed by atoms with van der Waals surface area (Å²) in [4.78, 5) is 18.1. The van der Waals surface area contributed by atoms with Crippen molar-refractivity contribution < 1.29 is 19.4 Å². The van der Waals surface area contributed by atoms with Crippen LogP contribution in [0.2, 0.25) is 0 Å². The monoisotopic (exact) mass is 286 g/mol. The van der Waals surface area contributed by atoms with Gasteiger partial charge in [0.2, 0.25) is 0 Å². The molecule has 0 saturated carbocycles. The van der Waals surface area contributed by atoms with E-state index in [1.165, 1.54) is 11.3 Å². The summed E-state index contributed by atoms with van der Waals surface area (Å²) in [6.45, 7) is 4.54. The highest BCUT2D eigenvalue weighted by molar-refractivity contribution is 7.13. The van der Waals surface area contributed by atoms with Crippen LogP contribution in [0, 0.1) is 0 Å². The molecule has 2 heterocycles. The van der Waals surface area contributed by atoms with Crippen LogP contribution in [0.4, 0.5) is 0 Å². The van der Waals surface area contributed by atoms with Gasteiger partial charge in [-0.3, -0.25) is 4.90 Å². The minimum absolute atomic E-state index is 0.246. The van der Waals surface area contributed by atoms with E-state index in [-0.39, 0.29) is 6.61 Å². The molecule has 1 aliphatic rings. The number of rotatable bonds is 6. The minimum Gasteiger partial charge on any atom is -0.477 e. The maximum absolute atomic E-state index is 11.1. The van der Waals surface area contributed by atoms with Crippen LogP contribution >= 0.6 is 11.3 Å². The Labute approximate surface area is 116 Å². The standard InChI is InChI=1S/C12H18N2O4S/c1-17-8-9-11(12(15)16)19-10(13-9)2-3-14-4-6-18-7-5-14/h2-8H2,1H3,(H,15,16). The van der Waals surface area contributed by atoms with Crippen molar-refractivity contribution >= 4 is 17.3 Å². The SMILES string of the molecule is COCc1nc(CCN2CCOCC2)sc1C(=O)O. The summed E-state index contributed by atoms with van der Waals surface area (Å²) < 4.78 is 10.3. The third-order valence-electron chi connectivity index (χ3n) is 2.96. The minimum atomic E-state index is -0.929. The van der Waals surface area contributed by atoms with Crippen LogP contribution in [-0.2, 0) is 22.5 Å². The average Bonchev–Trinajstić information content (AvgIpc) is 2.81. The summed E-state index contributed by atoms with van der Waals surface area (Å²) in [6, 6.07) is 0. The smallest absolute Gasteiger partial charge is 0.347 e. The molecule has 1 aromatic heterocycles. The Morgan fingerprint density at radius 2 is 2.26 bits per heavy atom. The Hall–Kier alpha value is -1.02. The number of carbonyl (C=O) groups is 1. The molecule has 6 nitrogen and oxygen atoms in total. The zero-order chi connectivity index (χ0) is 13.7. The predicted octanol–water partition coefficient (Wildman–Crippen LogP) is 0.862. The molecule has 2 rings (SSSR count). The number of hydrogen-bond donors (Lipinski definition) is 1. The molecule has 0 spiro atoms. The Bertz CT molecular complexity index is 429. The number of hydrogen-bond acceptors (Lipinski definition) is 6. The van der Waals surface area contributed by atoms with Crippen LogP contribution in [0.15, 0.2) is 0 Å². The second kappa shape index (κ2) is 6.95. The van der Waals surface area contributed by atoms with Crippen LogP contribution in [0.25, 0.3) is 0 Å². The van der Waals surface area contributed by atoms with Crippen LogP contribution in [-0.4, -0.2) is 60.9 Å². The molecule has 0 aliphatic carbocycles. The van der Waals surface area contributed by atoms with Crippen molar-refractivity contribution in [1.82, 2.24) is 9.88 Å². The van der Waals surface area contributed by atoms with Gasteiger partial charge >= 0.3 is 5.97 Å². The van der Waals surface area contributed by atoms with Crippen molar-refractivity contribution in [3.05, 3.63) is 15.6 Å². The van der Waals surface area contributed by atoms with Gasteiger partial charge in [-0.25, -0.2) is 9.78 Å². The van der Waals surface area contributed by atoms with Crippen LogP contribution in [0.5, 0.6) is 0 Å². The lowest BCUT2D eigenvalue weighted by Gasteiger charge is -2.25. The van der Waals surface area contributed by atoms with E-state index in [9.17, 15) is 4.79 Å². The Kier molecular flexibility index (Phi) is 5.26. The lowest BCUT2D eigenvalue weighted by molar-refractivity contribution is 0.0384. The van der Waals surface area contributed by atoms with Gasteiger partial charge in [-0.05, 0) is 0 Å². The zero-order valence-electron chi connectivity index (χ0n) is 10.9. The first-order valence-electron chi connectivity index (χ1n) is 6.21. The van der Waals surface area contributed by atoms with E-state index in [1.54, 1.807) is 7.11 Å². The maximum atomic E-state index is 11.1. The predicted molar refractivity (Wildman–Crippen MR) is 70.7 cm³/mol. The normalized spacial score (nSPS) is 16.7. The molecule has 0 unspecified atom stereocenters. The first kappa shape index (κ1) is 14.4. The van der Waals surface area contributed by atoms with Crippen molar-refractivity contribution in [1.29, 1.82) is 0 Å². The van der Waals surface area contributed by atoms with E-state index in [1.807, 2.05) is 0 Å². The van der Waals surface area contributed by atoms with Crippen molar-refractivity contribution in [2.45, 2.75) is 13.0 Å². The molecular weight excluding hydrogens is 268 g/mol. The van der Waals surface area contributed by atoms with E-state index in [0.29, 0.717) is 10.6 Å². The lowest BCUT2D eigenvalue weighted by atomic mass is 10.3. The van der Waals surface area contributed by atoms with Crippen LogP contribution in [0.1, 0.15) is 20.4 Å². The number of ether oxygens (including phenoxy) is 2. The molecule has 1 aromatic rings. The quantitative estimate of drug-likeness (QED) is 0.836. The zero-order valence-corrected chi connectivity index (χ0v) is 11.7. The number of morpholine rings is 1. The highest BCUT2D eigenvalue weighted by atomic mass is 32.1. The molecule has 1 saturated heterocycles. The number of nitrogens with zero attached hydrogens (tertiary/aromatic N) is 2. The summed E-state index contributed by atoms with van der Waals surface area (Å²) in [7, 11) is 1.54. The topological polar surface area (TPSA) is 71.9 Å². The molecule has 0 bridgehead atoms. The number of carboxylic acids is 1. The van der Waals surface area contributed by atoms with E-state index in [4.69, 9.17) is 14.6 Å².